The second kappa shape index (κ2) is 5.51. The van der Waals surface area contributed by atoms with Crippen molar-refractivity contribution in [3.05, 3.63) is 24.8 Å². The molecule has 0 saturated carbocycles. The van der Waals surface area contributed by atoms with E-state index in [9.17, 15) is 13.2 Å². The van der Waals surface area contributed by atoms with Gasteiger partial charge in [0, 0.05) is 6.61 Å². The van der Waals surface area contributed by atoms with Crippen LogP contribution in [-0.2, 0) is 4.43 Å². The quantitative estimate of drug-likeness (QED) is 0.535. The summed E-state index contributed by atoms with van der Waals surface area (Å²) in [5.74, 6) is -3.24. The van der Waals surface area contributed by atoms with Crippen LogP contribution in [0.5, 0.6) is 0 Å². The van der Waals surface area contributed by atoms with Gasteiger partial charge in [0.25, 0.3) is 0 Å². The molecule has 2 atom stereocenters. The molecule has 0 aromatic carbocycles. The molecule has 1 heterocycles. The Hall–Kier alpha value is -0.553. The predicted octanol–water partition coefficient (Wildman–Crippen LogP) is 3.59. The van der Waals surface area contributed by atoms with Crippen molar-refractivity contribution in [1.82, 2.24) is 0 Å². The number of hydrogen-bond donors (Lipinski definition) is 0. The SMILES string of the molecule is C=CC[Si]1(C(F)C(F)=CF)CCCCO1. The Labute approximate surface area is 88.8 Å². The van der Waals surface area contributed by atoms with E-state index in [2.05, 4.69) is 6.58 Å². The maximum atomic E-state index is 13.7. The Bertz CT molecular complexity index is 249. The fourth-order valence-electron chi connectivity index (χ4n) is 1.89. The third-order valence-electron chi connectivity index (χ3n) is 2.68. The minimum Gasteiger partial charge on any atom is -0.413 e. The fourth-order valence-corrected chi connectivity index (χ4v) is 5.42. The molecular formula is C10H15F3OSi. The van der Waals surface area contributed by atoms with Gasteiger partial charge in [-0.3, -0.25) is 0 Å². The normalized spacial score (nSPS) is 29.9. The van der Waals surface area contributed by atoms with Crippen LogP contribution < -0.4 is 0 Å². The van der Waals surface area contributed by atoms with Gasteiger partial charge in [-0.05, 0) is 18.5 Å². The first kappa shape index (κ1) is 12.5. The van der Waals surface area contributed by atoms with Gasteiger partial charge in [0.05, 0.1) is 0 Å². The first-order chi connectivity index (χ1) is 7.16. The zero-order valence-corrected chi connectivity index (χ0v) is 9.52. The second-order valence-electron chi connectivity index (χ2n) is 3.72. The van der Waals surface area contributed by atoms with Crippen LogP contribution in [0.4, 0.5) is 13.2 Å². The van der Waals surface area contributed by atoms with E-state index < -0.39 is 19.9 Å². The molecule has 1 fully saturated rings. The number of alkyl halides is 1. The molecule has 0 aliphatic carbocycles. The maximum absolute atomic E-state index is 13.7. The maximum Gasteiger partial charge on any atom is 0.239 e. The van der Waals surface area contributed by atoms with Crippen LogP contribution in [0.3, 0.4) is 0 Å². The highest BCUT2D eigenvalue weighted by Gasteiger charge is 2.46. The molecule has 15 heavy (non-hydrogen) atoms. The molecule has 5 heteroatoms. The molecule has 0 N–H and O–H groups in total. The van der Waals surface area contributed by atoms with Crippen LogP contribution in [0.2, 0.25) is 12.1 Å². The van der Waals surface area contributed by atoms with Crippen LogP contribution in [0.25, 0.3) is 0 Å². The zero-order chi connectivity index (χ0) is 11.3. The van der Waals surface area contributed by atoms with Crippen molar-refractivity contribution >= 4 is 8.32 Å². The Morgan fingerprint density at radius 3 is 2.73 bits per heavy atom. The van der Waals surface area contributed by atoms with E-state index in [-0.39, 0.29) is 6.33 Å². The molecule has 1 aliphatic heterocycles. The largest absolute Gasteiger partial charge is 0.413 e. The molecule has 1 aliphatic rings. The van der Waals surface area contributed by atoms with E-state index >= 15 is 0 Å². The topological polar surface area (TPSA) is 9.23 Å². The molecule has 1 saturated heterocycles. The summed E-state index contributed by atoms with van der Waals surface area (Å²) in [5, 5.41) is 0. The van der Waals surface area contributed by atoms with Crippen LogP contribution in [0, 0.1) is 0 Å². The Morgan fingerprint density at radius 2 is 2.27 bits per heavy atom. The van der Waals surface area contributed by atoms with E-state index in [0.29, 0.717) is 18.7 Å². The van der Waals surface area contributed by atoms with Crippen molar-refractivity contribution in [3.8, 4) is 0 Å². The Kier molecular flexibility index (Phi) is 4.60. The highest BCUT2D eigenvalue weighted by molar-refractivity contribution is 6.76. The number of allylic oxidation sites excluding steroid dienone is 2. The third-order valence-corrected chi connectivity index (χ3v) is 6.84. The van der Waals surface area contributed by atoms with Crippen molar-refractivity contribution in [2.45, 2.75) is 30.7 Å². The number of rotatable bonds is 4. The van der Waals surface area contributed by atoms with Gasteiger partial charge in [-0.2, -0.15) is 0 Å². The molecule has 0 aromatic rings. The van der Waals surface area contributed by atoms with Crippen molar-refractivity contribution in [3.63, 3.8) is 0 Å². The lowest BCUT2D eigenvalue weighted by atomic mass is 10.4. The molecule has 0 amide bonds. The molecule has 1 nitrogen and oxygen atoms in total. The Morgan fingerprint density at radius 1 is 1.53 bits per heavy atom. The summed E-state index contributed by atoms with van der Waals surface area (Å²) in [5.41, 5.74) is 0. The van der Waals surface area contributed by atoms with Crippen LogP contribution in [0.15, 0.2) is 24.8 Å². The van der Waals surface area contributed by atoms with Crippen molar-refractivity contribution < 1.29 is 17.6 Å². The summed E-state index contributed by atoms with van der Waals surface area (Å²) >= 11 is 0. The van der Waals surface area contributed by atoms with Gasteiger partial charge in [-0.25, -0.2) is 13.2 Å². The molecule has 0 bridgehead atoms. The predicted molar refractivity (Wildman–Crippen MR) is 55.9 cm³/mol. The van der Waals surface area contributed by atoms with Gasteiger partial charge in [0.2, 0.25) is 8.32 Å². The molecule has 0 spiro atoms. The first-order valence-electron chi connectivity index (χ1n) is 5.01. The highest BCUT2D eigenvalue weighted by atomic mass is 28.4. The van der Waals surface area contributed by atoms with Crippen molar-refractivity contribution in [2.75, 3.05) is 6.61 Å². The summed E-state index contributed by atoms with van der Waals surface area (Å²) in [6.07, 6.45) is 2.91. The Balaban J connectivity index is 2.83. The van der Waals surface area contributed by atoms with Gasteiger partial charge in [0.1, 0.15) is 6.33 Å². The zero-order valence-electron chi connectivity index (χ0n) is 8.52. The lowest BCUT2D eigenvalue weighted by Crippen LogP contribution is -2.50. The minimum atomic E-state index is -2.84. The van der Waals surface area contributed by atoms with Gasteiger partial charge < -0.3 is 4.43 Å². The highest BCUT2D eigenvalue weighted by Crippen LogP contribution is 2.34. The van der Waals surface area contributed by atoms with Crippen molar-refractivity contribution in [1.29, 1.82) is 0 Å². The summed E-state index contributed by atoms with van der Waals surface area (Å²) in [4.78, 5) is 0. The monoisotopic (exact) mass is 236 g/mol. The molecule has 86 valence electrons. The number of hydrogen-bond acceptors (Lipinski definition) is 1. The molecule has 1 rings (SSSR count). The van der Waals surface area contributed by atoms with E-state index in [1.54, 1.807) is 0 Å². The van der Waals surface area contributed by atoms with E-state index in [4.69, 9.17) is 4.43 Å². The second-order valence-corrected chi connectivity index (χ2v) is 7.55. The summed E-state index contributed by atoms with van der Waals surface area (Å²) in [6.45, 7) is 3.96. The van der Waals surface area contributed by atoms with Gasteiger partial charge in [-0.15, -0.1) is 6.58 Å². The lowest BCUT2D eigenvalue weighted by Gasteiger charge is -2.35. The average molecular weight is 236 g/mol. The van der Waals surface area contributed by atoms with Crippen LogP contribution in [0.1, 0.15) is 12.8 Å². The summed E-state index contributed by atoms with van der Waals surface area (Å²) < 4.78 is 44.0. The van der Waals surface area contributed by atoms with Crippen molar-refractivity contribution in [2.24, 2.45) is 0 Å². The van der Waals surface area contributed by atoms with Gasteiger partial charge >= 0.3 is 0 Å². The van der Waals surface area contributed by atoms with E-state index in [1.807, 2.05) is 0 Å². The average Bonchev–Trinajstić information content (AvgIpc) is 2.28. The molecule has 2 unspecified atom stereocenters. The molecule has 0 aromatic heterocycles. The summed E-state index contributed by atoms with van der Waals surface area (Å²) in [6, 6.07) is 0.858. The summed E-state index contributed by atoms with van der Waals surface area (Å²) in [7, 11) is -2.84. The molecule has 0 radical (unpaired) electrons. The van der Waals surface area contributed by atoms with E-state index in [0.717, 1.165) is 12.8 Å². The van der Waals surface area contributed by atoms with Crippen LogP contribution >= 0.6 is 0 Å². The fraction of sp³-hybridized carbons (Fsp3) is 0.600. The van der Waals surface area contributed by atoms with E-state index in [1.165, 1.54) is 6.08 Å². The first-order valence-corrected chi connectivity index (χ1v) is 7.41. The minimum absolute atomic E-state index is 0.305. The van der Waals surface area contributed by atoms with Crippen LogP contribution in [-0.4, -0.2) is 20.7 Å². The molecular weight excluding hydrogens is 221 g/mol. The smallest absolute Gasteiger partial charge is 0.239 e. The third kappa shape index (κ3) is 2.72. The lowest BCUT2D eigenvalue weighted by molar-refractivity contribution is 0.232. The standard InChI is InChI=1S/C10H15F3OSi/c1-2-6-15(7-4-3-5-14-15)10(13)9(12)8-11/h2,8,10H,1,3-7H2. The van der Waals surface area contributed by atoms with Gasteiger partial charge in [-0.1, -0.05) is 12.5 Å². The number of halogens is 3. The van der Waals surface area contributed by atoms with Gasteiger partial charge in [0.15, 0.2) is 11.6 Å².